The second-order valence-corrected chi connectivity index (χ2v) is 6.11. The number of fused-ring (bicyclic) bond motifs is 1. The summed E-state index contributed by atoms with van der Waals surface area (Å²) in [4.78, 5) is 16.5. The average molecular weight is 341 g/mol. The van der Waals surface area contributed by atoms with E-state index in [0.29, 0.717) is 28.4 Å². The number of aryl methyl sites for hydroxylation is 1. The smallest absolute Gasteiger partial charge is 0.255 e. The van der Waals surface area contributed by atoms with Gasteiger partial charge in [-0.3, -0.25) is 4.79 Å². The Labute approximate surface area is 144 Å². The zero-order chi connectivity index (χ0) is 17.2. The van der Waals surface area contributed by atoms with Gasteiger partial charge in [0.1, 0.15) is 23.7 Å². The van der Waals surface area contributed by atoms with Crippen LogP contribution in [0.15, 0.2) is 39.6 Å². The lowest BCUT2D eigenvalue weighted by molar-refractivity contribution is 0.0940. The molecule has 0 unspecified atom stereocenters. The molecule has 3 heterocycles. The predicted molar refractivity (Wildman–Crippen MR) is 90.5 cm³/mol. The number of hydrogen-bond acceptors (Lipinski definition) is 6. The molecule has 3 aromatic rings. The standard InChI is InChI=1S/C18H19N3O4/c1-11-17(18(22)21-12-4-5-19-7-12)15-6-13(2-3-16(15)25-11)23-9-14-8-20-10-24-14/h2-3,6,8,10,12,19H,4-5,7,9H2,1H3,(H,21,22)/t12-/m0/s1. The van der Waals surface area contributed by atoms with Gasteiger partial charge in [-0.05, 0) is 38.1 Å². The molecule has 7 nitrogen and oxygen atoms in total. The summed E-state index contributed by atoms with van der Waals surface area (Å²) in [6.45, 7) is 3.80. The Morgan fingerprint density at radius 3 is 3.16 bits per heavy atom. The van der Waals surface area contributed by atoms with Gasteiger partial charge in [0, 0.05) is 18.0 Å². The van der Waals surface area contributed by atoms with Crippen LogP contribution in [-0.2, 0) is 6.61 Å². The summed E-state index contributed by atoms with van der Waals surface area (Å²) in [5.74, 6) is 1.76. The van der Waals surface area contributed by atoms with Crippen molar-refractivity contribution < 1.29 is 18.4 Å². The second-order valence-electron chi connectivity index (χ2n) is 6.11. The van der Waals surface area contributed by atoms with E-state index in [2.05, 4.69) is 15.6 Å². The topological polar surface area (TPSA) is 89.5 Å². The highest BCUT2D eigenvalue weighted by Crippen LogP contribution is 2.29. The first kappa shape index (κ1) is 15.7. The third-order valence-corrected chi connectivity index (χ3v) is 4.32. The molecule has 1 atom stereocenters. The number of nitrogens with one attached hydrogen (secondary N) is 2. The number of hydrogen-bond donors (Lipinski definition) is 2. The molecule has 0 radical (unpaired) electrons. The Morgan fingerprint density at radius 2 is 2.40 bits per heavy atom. The Morgan fingerprint density at radius 1 is 1.48 bits per heavy atom. The number of nitrogens with zero attached hydrogens (tertiary/aromatic N) is 1. The molecule has 7 heteroatoms. The summed E-state index contributed by atoms with van der Waals surface area (Å²) in [7, 11) is 0. The molecule has 1 amide bonds. The number of aromatic nitrogens is 1. The third-order valence-electron chi connectivity index (χ3n) is 4.32. The zero-order valence-electron chi connectivity index (χ0n) is 13.9. The van der Waals surface area contributed by atoms with Crippen LogP contribution in [0.25, 0.3) is 11.0 Å². The quantitative estimate of drug-likeness (QED) is 0.741. The normalized spacial score (nSPS) is 17.1. The molecule has 2 N–H and O–H groups in total. The predicted octanol–water partition coefficient (Wildman–Crippen LogP) is 2.40. The third kappa shape index (κ3) is 3.23. The van der Waals surface area contributed by atoms with Gasteiger partial charge in [0.2, 0.25) is 0 Å². The van der Waals surface area contributed by atoms with Gasteiger partial charge in [-0.1, -0.05) is 0 Å². The van der Waals surface area contributed by atoms with E-state index in [1.54, 1.807) is 13.1 Å². The van der Waals surface area contributed by atoms with Crippen molar-refractivity contribution in [1.29, 1.82) is 0 Å². The molecule has 1 aromatic carbocycles. The first-order chi connectivity index (χ1) is 12.2. The number of amides is 1. The maximum Gasteiger partial charge on any atom is 0.255 e. The zero-order valence-corrected chi connectivity index (χ0v) is 13.9. The number of furan rings is 1. The van der Waals surface area contributed by atoms with Crippen LogP contribution < -0.4 is 15.4 Å². The largest absolute Gasteiger partial charge is 0.486 e. The molecule has 1 saturated heterocycles. The Hall–Kier alpha value is -2.80. The van der Waals surface area contributed by atoms with Crippen molar-refractivity contribution in [3.63, 3.8) is 0 Å². The summed E-state index contributed by atoms with van der Waals surface area (Å²) >= 11 is 0. The van der Waals surface area contributed by atoms with Crippen molar-refractivity contribution in [2.45, 2.75) is 26.0 Å². The van der Waals surface area contributed by atoms with Crippen LogP contribution in [0.5, 0.6) is 5.75 Å². The summed E-state index contributed by atoms with van der Waals surface area (Å²) in [5, 5.41) is 7.05. The van der Waals surface area contributed by atoms with E-state index in [9.17, 15) is 4.79 Å². The summed E-state index contributed by atoms with van der Waals surface area (Å²) in [6, 6.07) is 5.60. The molecular weight excluding hydrogens is 322 g/mol. The number of benzene rings is 1. The molecule has 1 fully saturated rings. The number of oxazole rings is 1. The van der Waals surface area contributed by atoms with Gasteiger partial charge in [0.05, 0.1) is 11.8 Å². The minimum Gasteiger partial charge on any atom is -0.486 e. The summed E-state index contributed by atoms with van der Waals surface area (Å²) in [5.41, 5.74) is 1.23. The van der Waals surface area contributed by atoms with Gasteiger partial charge >= 0.3 is 0 Å². The fraction of sp³-hybridized carbons (Fsp3) is 0.333. The van der Waals surface area contributed by atoms with Gasteiger partial charge in [-0.15, -0.1) is 0 Å². The fourth-order valence-corrected chi connectivity index (χ4v) is 3.07. The van der Waals surface area contributed by atoms with E-state index in [0.717, 1.165) is 24.9 Å². The summed E-state index contributed by atoms with van der Waals surface area (Å²) < 4.78 is 16.6. The van der Waals surface area contributed by atoms with Crippen molar-refractivity contribution >= 4 is 16.9 Å². The minimum absolute atomic E-state index is 0.114. The van der Waals surface area contributed by atoms with Gasteiger partial charge in [0.25, 0.3) is 5.91 Å². The number of ether oxygens (including phenoxy) is 1. The lowest BCUT2D eigenvalue weighted by atomic mass is 10.1. The van der Waals surface area contributed by atoms with Crippen LogP contribution in [0.4, 0.5) is 0 Å². The van der Waals surface area contributed by atoms with Crippen molar-refractivity contribution in [2.75, 3.05) is 13.1 Å². The lowest BCUT2D eigenvalue weighted by Gasteiger charge is -2.11. The van der Waals surface area contributed by atoms with Crippen LogP contribution in [0.3, 0.4) is 0 Å². The fourth-order valence-electron chi connectivity index (χ4n) is 3.07. The molecule has 0 spiro atoms. The summed E-state index contributed by atoms with van der Waals surface area (Å²) in [6.07, 6.45) is 3.91. The first-order valence-corrected chi connectivity index (χ1v) is 8.25. The molecule has 0 saturated carbocycles. The molecule has 1 aliphatic rings. The highest BCUT2D eigenvalue weighted by atomic mass is 16.5. The van der Waals surface area contributed by atoms with E-state index >= 15 is 0 Å². The van der Waals surface area contributed by atoms with E-state index in [1.165, 1.54) is 6.39 Å². The van der Waals surface area contributed by atoms with Gasteiger partial charge in [-0.25, -0.2) is 4.98 Å². The molecule has 0 aliphatic carbocycles. The van der Waals surface area contributed by atoms with E-state index in [4.69, 9.17) is 13.6 Å². The molecule has 25 heavy (non-hydrogen) atoms. The van der Waals surface area contributed by atoms with Crippen LogP contribution in [0.2, 0.25) is 0 Å². The number of carbonyl (C=O) groups excluding carboxylic acids is 1. The van der Waals surface area contributed by atoms with Gasteiger partial charge in [0.15, 0.2) is 12.2 Å². The van der Waals surface area contributed by atoms with Crippen molar-refractivity contribution in [3.05, 3.63) is 47.9 Å². The second kappa shape index (κ2) is 6.60. The maximum absolute atomic E-state index is 12.7. The Kier molecular flexibility index (Phi) is 4.15. The number of carbonyl (C=O) groups is 1. The maximum atomic E-state index is 12.7. The highest BCUT2D eigenvalue weighted by molar-refractivity contribution is 6.07. The molecule has 2 aromatic heterocycles. The lowest BCUT2D eigenvalue weighted by Crippen LogP contribution is -2.36. The molecule has 0 bridgehead atoms. The van der Waals surface area contributed by atoms with Gasteiger partial charge < -0.3 is 24.2 Å². The molecule has 4 rings (SSSR count). The van der Waals surface area contributed by atoms with Gasteiger partial charge in [-0.2, -0.15) is 0 Å². The van der Waals surface area contributed by atoms with E-state index < -0.39 is 0 Å². The molecular formula is C18H19N3O4. The SMILES string of the molecule is Cc1oc2ccc(OCc3cnco3)cc2c1C(=O)N[C@H]1CCNC1. The van der Waals surface area contributed by atoms with Crippen LogP contribution in [0, 0.1) is 6.92 Å². The van der Waals surface area contributed by atoms with Crippen LogP contribution in [-0.4, -0.2) is 30.0 Å². The van der Waals surface area contributed by atoms with Crippen molar-refractivity contribution in [2.24, 2.45) is 0 Å². The molecule has 1 aliphatic heterocycles. The Bertz CT molecular complexity index is 879. The van der Waals surface area contributed by atoms with E-state index in [1.807, 2.05) is 18.2 Å². The van der Waals surface area contributed by atoms with Crippen molar-refractivity contribution in [1.82, 2.24) is 15.6 Å². The van der Waals surface area contributed by atoms with E-state index in [-0.39, 0.29) is 18.6 Å². The molecule has 130 valence electrons. The van der Waals surface area contributed by atoms with Crippen LogP contribution in [0.1, 0.15) is 28.3 Å². The minimum atomic E-state index is -0.114. The highest BCUT2D eigenvalue weighted by Gasteiger charge is 2.23. The monoisotopic (exact) mass is 341 g/mol. The van der Waals surface area contributed by atoms with Crippen LogP contribution >= 0.6 is 0 Å². The Balaban J connectivity index is 1.58. The first-order valence-electron chi connectivity index (χ1n) is 8.25. The van der Waals surface area contributed by atoms with Crippen molar-refractivity contribution in [3.8, 4) is 5.75 Å². The number of rotatable bonds is 5. The average Bonchev–Trinajstić information content (AvgIpc) is 3.33.